The third-order valence-corrected chi connectivity index (χ3v) is 3.75. The molecule has 0 amide bonds. The van der Waals surface area contributed by atoms with Crippen LogP contribution in [0.25, 0.3) is 0 Å². The second-order valence-electron chi connectivity index (χ2n) is 4.14. The number of benzene rings is 1. The van der Waals surface area contributed by atoms with Gasteiger partial charge in [-0.15, -0.1) is 0 Å². The van der Waals surface area contributed by atoms with E-state index in [1.165, 1.54) is 11.6 Å². The predicted octanol–water partition coefficient (Wildman–Crippen LogP) is 3.16. The van der Waals surface area contributed by atoms with Gasteiger partial charge < -0.3 is 0 Å². The minimum absolute atomic E-state index is 0.00951. The van der Waals surface area contributed by atoms with Crippen LogP contribution in [0, 0.1) is 5.82 Å². The van der Waals surface area contributed by atoms with E-state index in [1.807, 2.05) is 11.4 Å². The van der Waals surface area contributed by atoms with Crippen molar-refractivity contribution in [2.75, 3.05) is 0 Å². The highest BCUT2D eigenvalue weighted by Gasteiger charge is 2.12. The van der Waals surface area contributed by atoms with E-state index in [-0.39, 0.29) is 11.9 Å². The van der Waals surface area contributed by atoms with Crippen molar-refractivity contribution >= 4 is 22.9 Å². The van der Waals surface area contributed by atoms with Gasteiger partial charge in [0.2, 0.25) is 0 Å². The van der Waals surface area contributed by atoms with E-state index >= 15 is 0 Å². The quantitative estimate of drug-likeness (QED) is 0.654. The average molecular weight is 285 g/mol. The lowest BCUT2D eigenvalue weighted by atomic mass is 10.0. The zero-order chi connectivity index (χ0) is 13.0. The molecule has 0 radical (unpaired) electrons. The average Bonchev–Trinajstić information content (AvgIpc) is 2.84. The summed E-state index contributed by atoms with van der Waals surface area (Å²) in [6.07, 6.45) is 1.32. The number of nitrogens with two attached hydrogens (primary N) is 1. The molecule has 18 heavy (non-hydrogen) atoms. The fraction of sp³-hybridized carbons (Fsp3) is 0.231. The minimum atomic E-state index is -0.284. The molecule has 1 unspecified atom stereocenters. The van der Waals surface area contributed by atoms with Crippen LogP contribution < -0.4 is 11.3 Å². The van der Waals surface area contributed by atoms with Crippen LogP contribution in [0.4, 0.5) is 4.39 Å². The van der Waals surface area contributed by atoms with Gasteiger partial charge in [0.1, 0.15) is 5.82 Å². The number of halogens is 2. The Kier molecular flexibility index (Phi) is 4.72. The van der Waals surface area contributed by atoms with Crippen LogP contribution in [-0.2, 0) is 12.8 Å². The number of hydrazine groups is 1. The lowest BCUT2D eigenvalue weighted by Crippen LogP contribution is -2.38. The Hall–Kier alpha value is -0.940. The van der Waals surface area contributed by atoms with Crippen molar-refractivity contribution in [3.8, 4) is 0 Å². The highest BCUT2D eigenvalue weighted by molar-refractivity contribution is 7.07. The molecule has 0 saturated heterocycles. The lowest BCUT2D eigenvalue weighted by Gasteiger charge is -2.15. The first-order valence-electron chi connectivity index (χ1n) is 5.60. The maximum absolute atomic E-state index is 13.7. The number of thiophene rings is 1. The lowest BCUT2D eigenvalue weighted by molar-refractivity contribution is 0.507. The molecular formula is C13H14ClFN2S. The maximum atomic E-state index is 13.7. The number of nitrogens with one attached hydrogen (secondary N) is 1. The van der Waals surface area contributed by atoms with Gasteiger partial charge in [-0.25, -0.2) is 4.39 Å². The van der Waals surface area contributed by atoms with Gasteiger partial charge >= 0.3 is 0 Å². The molecule has 2 nitrogen and oxygen atoms in total. The highest BCUT2D eigenvalue weighted by Crippen LogP contribution is 2.17. The Morgan fingerprint density at radius 2 is 2.17 bits per heavy atom. The third-order valence-electron chi connectivity index (χ3n) is 2.78. The minimum Gasteiger partial charge on any atom is -0.271 e. The topological polar surface area (TPSA) is 38.0 Å². The Balaban J connectivity index is 2.05. The fourth-order valence-electron chi connectivity index (χ4n) is 1.84. The summed E-state index contributed by atoms with van der Waals surface area (Å²) in [5, 5.41) is 4.50. The van der Waals surface area contributed by atoms with Gasteiger partial charge in [-0.2, -0.15) is 11.3 Å². The summed E-state index contributed by atoms with van der Waals surface area (Å²) in [5.74, 6) is 5.24. The van der Waals surface area contributed by atoms with Crippen LogP contribution in [-0.4, -0.2) is 6.04 Å². The Bertz CT molecular complexity index is 502. The van der Waals surface area contributed by atoms with E-state index in [4.69, 9.17) is 17.4 Å². The molecule has 0 bridgehead atoms. The van der Waals surface area contributed by atoms with E-state index < -0.39 is 0 Å². The summed E-state index contributed by atoms with van der Waals surface area (Å²) < 4.78 is 13.7. The predicted molar refractivity (Wildman–Crippen MR) is 74.2 cm³/mol. The maximum Gasteiger partial charge on any atom is 0.127 e. The Morgan fingerprint density at radius 1 is 1.33 bits per heavy atom. The van der Waals surface area contributed by atoms with Crippen LogP contribution >= 0.6 is 22.9 Å². The summed E-state index contributed by atoms with van der Waals surface area (Å²) in [4.78, 5) is 0. The van der Waals surface area contributed by atoms with Crippen LogP contribution in [0.5, 0.6) is 0 Å². The molecule has 0 aliphatic heterocycles. The molecule has 0 fully saturated rings. The molecule has 96 valence electrons. The summed E-state index contributed by atoms with van der Waals surface area (Å²) in [5.41, 5.74) is 4.56. The van der Waals surface area contributed by atoms with E-state index in [1.54, 1.807) is 23.5 Å². The van der Waals surface area contributed by atoms with Crippen LogP contribution in [0.1, 0.15) is 11.1 Å². The van der Waals surface area contributed by atoms with Crippen molar-refractivity contribution in [3.05, 3.63) is 57.0 Å². The van der Waals surface area contributed by atoms with Crippen molar-refractivity contribution in [1.29, 1.82) is 0 Å². The van der Waals surface area contributed by atoms with Gasteiger partial charge in [0.25, 0.3) is 0 Å². The summed E-state index contributed by atoms with van der Waals surface area (Å²) >= 11 is 7.37. The van der Waals surface area contributed by atoms with Crippen LogP contribution in [0.2, 0.25) is 5.02 Å². The Labute approximate surface area is 115 Å². The second kappa shape index (κ2) is 6.29. The van der Waals surface area contributed by atoms with Gasteiger partial charge in [-0.05, 0) is 52.9 Å². The van der Waals surface area contributed by atoms with E-state index in [0.29, 0.717) is 17.0 Å². The van der Waals surface area contributed by atoms with Crippen molar-refractivity contribution in [2.45, 2.75) is 18.9 Å². The molecule has 3 N–H and O–H groups in total. The van der Waals surface area contributed by atoms with Gasteiger partial charge in [-0.3, -0.25) is 11.3 Å². The zero-order valence-corrected chi connectivity index (χ0v) is 11.3. The molecule has 2 rings (SSSR count). The molecule has 0 aliphatic rings. The number of rotatable bonds is 5. The van der Waals surface area contributed by atoms with Crippen molar-refractivity contribution in [3.63, 3.8) is 0 Å². The first-order chi connectivity index (χ1) is 8.69. The van der Waals surface area contributed by atoms with Crippen molar-refractivity contribution < 1.29 is 4.39 Å². The Morgan fingerprint density at radius 3 is 2.78 bits per heavy atom. The molecular weight excluding hydrogens is 271 g/mol. The van der Waals surface area contributed by atoms with Crippen molar-refractivity contribution in [1.82, 2.24) is 5.43 Å². The van der Waals surface area contributed by atoms with E-state index in [2.05, 4.69) is 10.8 Å². The van der Waals surface area contributed by atoms with Gasteiger partial charge in [0, 0.05) is 11.1 Å². The molecule has 1 heterocycles. The molecule has 0 saturated carbocycles. The zero-order valence-electron chi connectivity index (χ0n) is 9.70. The van der Waals surface area contributed by atoms with Crippen LogP contribution in [0.3, 0.4) is 0 Å². The molecule has 1 atom stereocenters. The highest BCUT2D eigenvalue weighted by atomic mass is 35.5. The molecule has 2 aromatic rings. The molecule has 1 aromatic heterocycles. The molecule has 0 aliphatic carbocycles. The summed E-state index contributed by atoms with van der Waals surface area (Å²) in [6, 6.07) is 6.78. The van der Waals surface area contributed by atoms with Gasteiger partial charge in [0.15, 0.2) is 0 Å². The standard InChI is InChI=1S/C13H14ClFN2S/c14-11-2-1-10(13(15)7-11)6-12(17-16)5-9-3-4-18-8-9/h1-4,7-8,12,17H,5-6,16H2. The third kappa shape index (κ3) is 3.53. The SMILES string of the molecule is NNC(Cc1ccsc1)Cc1ccc(Cl)cc1F. The summed E-state index contributed by atoms with van der Waals surface area (Å²) in [7, 11) is 0. The number of hydrogen-bond donors (Lipinski definition) is 2. The fourth-order valence-corrected chi connectivity index (χ4v) is 2.68. The normalized spacial score (nSPS) is 12.6. The monoisotopic (exact) mass is 284 g/mol. The molecule has 5 heteroatoms. The van der Waals surface area contributed by atoms with Crippen molar-refractivity contribution in [2.24, 2.45) is 5.84 Å². The van der Waals surface area contributed by atoms with Crippen LogP contribution in [0.15, 0.2) is 35.0 Å². The molecule has 1 aromatic carbocycles. The van der Waals surface area contributed by atoms with E-state index in [0.717, 1.165) is 6.42 Å². The second-order valence-corrected chi connectivity index (χ2v) is 5.36. The largest absolute Gasteiger partial charge is 0.271 e. The number of hydrogen-bond acceptors (Lipinski definition) is 3. The van der Waals surface area contributed by atoms with Gasteiger partial charge in [0.05, 0.1) is 0 Å². The molecule has 0 spiro atoms. The first-order valence-corrected chi connectivity index (χ1v) is 6.92. The first kappa shape index (κ1) is 13.5. The smallest absolute Gasteiger partial charge is 0.127 e. The van der Waals surface area contributed by atoms with E-state index in [9.17, 15) is 4.39 Å². The summed E-state index contributed by atoms with van der Waals surface area (Å²) in [6.45, 7) is 0. The van der Waals surface area contributed by atoms with Gasteiger partial charge in [-0.1, -0.05) is 17.7 Å².